The van der Waals surface area contributed by atoms with Crippen molar-refractivity contribution in [3.63, 3.8) is 0 Å². The van der Waals surface area contributed by atoms with Crippen molar-refractivity contribution in [2.75, 3.05) is 0 Å². The molecular formula is C50H37N. The van der Waals surface area contributed by atoms with Crippen molar-refractivity contribution in [1.29, 1.82) is 0 Å². The molecule has 7 aromatic carbocycles. The number of rotatable bonds is 4. The van der Waals surface area contributed by atoms with Crippen molar-refractivity contribution in [2.24, 2.45) is 0 Å². The normalized spacial score (nSPS) is 14.0. The first-order chi connectivity index (χ1) is 25.1. The zero-order chi connectivity index (χ0) is 34.1. The van der Waals surface area contributed by atoms with Gasteiger partial charge in [0.1, 0.15) is 0 Å². The molecule has 0 amide bonds. The lowest BCUT2D eigenvalue weighted by molar-refractivity contribution is 0.660. The van der Waals surface area contributed by atoms with Crippen LogP contribution < -0.4 is 0 Å². The summed E-state index contributed by atoms with van der Waals surface area (Å²) < 4.78 is 0. The molecule has 1 nitrogen and oxygen atoms in total. The van der Waals surface area contributed by atoms with E-state index in [1.165, 1.54) is 94.0 Å². The van der Waals surface area contributed by atoms with Gasteiger partial charge >= 0.3 is 0 Å². The van der Waals surface area contributed by atoms with Gasteiger partial charge in [0.2, 0.25) is 0 Å². The van der Waals surface area contributed by atoms with Gasteiger partial charge in [-0.15, -0.1) is 0 Å². The summed E-state index contributed by atoms with van der Waals surface area (Å²) in [6.07, 6.45) is 6.52. The number of aromatic nitrogens is 1. The molecular weight excluding hydrogens is 615 g/mol. The first-order valence-electron chi connectivity index (χ1n) is 18.1. The van der Waals surface area contributed by atoms with Gasteiger partial charge in [0.05, 0.1) is 5.69 Å². The van der Waals surface area contributed by atoms with Gasteiger partial charge in [-0.3, -0.25) is 4.98 Å². The van der Waals surface area contributed by atoms with Gasteiger partial charge < -0.3 is 0 Å². The van der Waals surface area contributed by atoms with Gasteiger partial charge in [0.25, 0.3) is 0 Å². The van der Waals surface area contributed by atoms with Crippen LogP contribution in [0.2, 0.25) is 0 Å². The van der Waals surface area contributed by atoms with Crippen LogP contribution in [0.3, 0.4) is 0 Å². The average molecular weight is 652 g/mol. The van der Waals surface area contributed by atoms with E-state index in [1.807, 2.05) is 0 Å². The molecule has 2 aliphatic carbocycles. The number of allylic oxidation sites excluding steroid dienone is 1. The highest BCUT2D eigenvalue weighted by Crippen LogP contribution is 2.54. The lowest BCUT2D eigenvalue weighted by Crippen LogP contribution is -2.14. The molecule has 242 valence electrons. The molecule has 0 radical (unpaired) electrons. The van der Waals surface area contributed by atoms with E-state index in [9.17, 15) is 0 Å². The Bertz CT molecular complexity index is 2700. The average Bonchev–Trinajstić information content (AvgIpc) is 3.43. The molecule has 8 aromatic rings. The molecule has 10 rings (SSSR count). The monoisotopic (exact) mass is 651 g/mol. The van der Waals surface area contributed by atoms with E-state index in [-0.39, 0.29) is 5.41 Å². The Hall–Kier alpha value is -6.05. The van der Waals surface area contributed by atoms with E-state index in [1.54, 1.807) is 0 Å². The zero-order valence-corrected chi connectivity index (χ0v) is 28.9. The Morgan fingerprint density at radius 1 is 0.471 bits per heavy atom. The first-order valence-corrected chi connectivity index (χ1v) is 18.1. The molecule has 0 aliphatic heterocycles. The summed E-state index contributed by atoms with van der Waals surface area (Å²) in [4.78, 5) is 5.51. The molecule has 2 aliphatic rings. The fraction of sp³-hybridized carbons (Fsp3) is 0.100. The molecule has 1 heteroatoms. The predicted octanol–water partition coefficient (Wildman–Crippen LogP) is 13.3. The number of hydrogen-bond acceptors (Lipinski definition) is 1. The molecule has 0 atom stereocenters. The minimum absolute atomic E-state index is 0.0853. The minimum Gasteiger partial charge on any atom is -0.252 e. The third kappa shape index (κ3) is 4.58. The molecule has 51 heavy (non-hydrogen) atoms. The van der Waals surface area contributed by atoms with Crippen molar-refractivity contribution >= 4 is 27.6 Å². The summed E-state index contributed by atoms with van der Waals surface area (Å²) in [6.45, 7) is 4.74. The molecule has 0 N–H and O–H groups in total. The smallest absolute Gasteiger partial charge is 0.0724 e. The first kappa shape index (κ1) is 29.8. The fourth-order valence-electron chi connectivity index (χ4n) is 8.91. The SMILES string of the molecule is CC1(C)c2ccccc2-c2c(-c3c4ccccc4c(-c4cc(-c5ccccc5)c5c(n4)CCC=C5)c4ccc(-c5ccccc5)cc34)cccc21. The number of hydrogen-bond donors (Lipinski definition) is 0. The number of nitrogens with zero attached hydrogens (tertiary/aromatic N) is 1. The summed E-state index contributed by atoms with van der Waals surface area (Å²) >= 11 is 0. The summed E-state index contributed by atoms with van der Waals surface area (Å²) in [5.41, 5.74) is 17.5. The van der Waals surface area contributed by atoms with Crippen LogP contribution in [-0.2, 0) is 11.8 Å². The molecule has 1 heterocycles. The largest absolute Gasteiger partial charge is 0.252 e. The number of benzene rings is 7. The molecule has 1 aromatic heterocycles. The number of pyridine rings is 1. The highest BCUT2D eigenvalue weighted by atomic mass is 14.7. The van der Waals surface area contributed by atoms with Crippen LogP contribution in [0.1, 0.15) is 42.7 Å². The van der Waals surface area contributed by atoms with Crippen LogP contribution in [-0.4, -0.2) is 4.98 Å². The summed E-state index contributed by atoms with van der Waals surface area (Å²) in [5.74, 6) is 0. The maximum atomic E-state index is 5.51. The molecule has 0 unspecified atom stereocenters. The van der Waals surface area contributed by atoms with Crippen molar-refractivity contribution in [2.45, 2.75) is 32.1 Å². The minimum atomic E-state index is -0.0853. The third-order valence-electron chi connectivity index (χ3n) is 11.3. The van der Waals surface area contributed by atoms with Crippen LogP contribution in [0.5, 0.6) is 0 Å². The number of aryl methyl sites for hydroxylation is 1. The molecule has 0 saturated heterocycles. The second-order valence-corrected chi connectivity index (χ2v) is 14.5. The Kier molecular flexibility index (Phi) is 6.73. The van der Waals surface area contributed by atoms with Gasteiger partial charge in [-0.1, -0.05) is 166 Å². The van der Waals surface area contributed by atoms with E-state index in [0.29, 0.717) is 0 Å². The van der Waals surface area contributed by atoms with Crippen molar-refractivity contribution < 1.29 is 0 Å². The lowest BCUT2D eigenvalue weighted by atomic mass is 9.80. The van der Waals surface area contributed by atoms with Gasteiger partial charge in [0.15, 0.2) is 0 Å². The Balaban J connectivity index is 1.35. The van der Waals surface area contributed by atoms with Gasteiger partial charge in [-0.25, -0.2) is 0 Å². The van der Waals surface area contributed by atoms with E-state index in [2.05, 4.69) is 178 Å². The standard InChI is InChI=1S/C50H37N/c1-50(2)43-25-13-11-23-39(43)48-40(24-15-26-44(48)50)47-36-21-9-10-22-37(36)49(38-29-28-34(30-42(38)47)32-16-5-3-6-17-32)46-31-41(33-18-7-4-8-19-33)35-20-12-14-27-45(35)51-46/h3-13,15-26,28-31H,14,27H2,1-2H3. The second kappa shape index (κ2) is 11.5. The quantitative estimate of drug-likeness (QED) is 0.173. The summed E-state index contributed by atoms with van der Waals surface area (Å²) in [7, 11) is 0. The Morgan fingerprint density at radius 3 is 1.92 bits per heavy atom. The van der Waals surface area contributed by atoms with Crippen molar-refractivity contribution in [1.82, 2.24) is 4.98 Å². The van der Waals surface area contributed by atoms with Crippen molar-refractivity contribution in [3.8, 4) is 55.8 Å². The van der Waals surface area contributed by atoms with Crippen LogP contribution in [0.4, 0.5) is 0 Å². The maximum absolute atomic E-state index is 5.51. The predicted molar refractivity (Wildman–Crippen MR) is 216 cm³/mol. The van der Waals surface area contributed by atoms with Crippen LogP contribution in [0, 0.1) is 0 Å². The Labute approximate surface area is 299 Å². The van der Waals surface area contributed by atoms with E-state index < -0.39 is 0 Å². The lowest BCUT2D eigenvalue weighted by Gasteiger charge is -2.23. The van der Waals surface area contributed by atoms with Crippen LogP contribution in [0.15, 0.2) is 158 Å². The van der Waals surface area contributed by atoms with Crippen LogP contribution in [0.25, 0.3) is 83.4 Å². The molecule has 0 bridgehead atoms. The summed E-state index contributed by atoms with van der Waals surface area (Å²) in [6, 6.07) is 56.0. The Morgan fingerprint density at radius 2 is 1.12 bits per heavy atom. The molecule has 0 spiro atoms. The number of fused-ring (bicyclic) bond motifs is 6. The third-order valence-corrected chi connectivity index (χ3v) is 11.3. The van der Waals surface area contributed by atoms with E-state index >= 15 is 0 Å². The highest BCUT2D eigenvalue weighted by molar-refractivity contribution is 6.23. The molecule has 0 saturated carbocycles. The summed E-state index contributed by atoms with van der Waals surface area (Å²) in [5, 5.41) is 4.96. The topological polar surface area (TPSA) is 12.9 Å². The van der Waals surface area contributed by atoms with Crippen molar-refractivity contribution in [3.05, 3.63) is 180 Å². The van der Waals surface area contributed by atoms with Gasteiger partial charge in [-0.2, -0.15) is 0 Å². The van der Waals surface area contributed by atoms with Gasteiger partial charge in [0, 0.05) is 22.2 Å². The highest BCUT2D eigenvalue weighted by Gasteiger charge is 2.37. The fourth-order valence-corrected chi connectivity index (χ4v) is 8.91. The van der Waals surface area contributed by atoms with Crippen LogP contribution >= 0.6 is 0 Å². The zero-order valence-electron chi connectivity index (χ0n) is 28.9. The van der Waals surface area contributed by atoms with E-state index in [0.717, 1.165) is 18.5 Å². The van der Waals surface area contributed by atoms with Gasteiger partial charge in [-0.05, 0) is 102 Å². The maximum Gasteiger partial charge on any atom is 0.0724 e. The molecule has 0 fully saturated rings. The second-order valence-electron chi connectivity index (χ2n) is 14.5. The van der Waals surface area contributed by atoms with E-state index in [4.69, 9.17) is 4.98 Å².